The summed E-state index contributed by atoms with van der Waals surface area (Å²) in [4.78, 5) is 11.3. The normalized spacial score (nSPS) is 14.0. The Kier molecular flexibility index (Phi) is 5.74. The summed E-state index contributed by atoms with van der Waals surface area (Å²) < 4.78 is 18.3. The minimum atomic E-state index is -0.737. The van der Waals surface area contributed by atoms with Crippen LogP contribution in [0.3, 0.4) is 0 Å². The first kappa shape index (κ1) is 14.6. The van der Waals surface area contributed by atoms with Gasteiger partial charge in [-0.3, -0.25) is 4.79 Å². The van der Waals surface area contributed by atoms with Crippen molar-refractivity contribution in [2.75, 3.05) is 13.2 Å². The summed E-state index contributed by atoms with van der Waals surface area (Å²) in [5, 5.41) is 3.01. The van der Waals surface area contributed by atoms with E-state index >= 15 is 0 Å². The molecule has 0 heterocycles. The SMILES string of the molecule is CCOC(=O)C(N)CNC(C)c1ccccc1F. The number of esters is 1. The van der Waals surface area contributed by atoms with Crippen LogP contribution >= 0.6 is 0 Å². The van der Waals surface area contributed by atoms with Crippen molar-refractivity contribution in [3.05, 3.63) is 35.6 Å². The molecular formula is C13H19FN2O2. The van der Waals surface area contributed by atoms with E-state index in [9.17, 15) is 9.18 Å². The van der Waals surface area contributed by atoms with Crippen molar-refractivity contribution in [1.29, 1.82) is 0 Å². The Morgan fingerprint density at radius 2 is 2.17 bits per heavy atom. The van der Waals surface area contributed by atoms with Crippen molar-refractivity contribution in [2.24, 2.45) is 5.73 Å². The highest BCUT2D eigenvalue weighted by Crippen LogP contribution is 2.15. The number of hydrogen-bond acceptors (Lipinski definition) is 4. The van der Waals surface area contributed by atoms with Crippen LogP contribution < -0.4 is 11.1 Å². The summed E-state index contributed by atoms with van der Waals surface area (Å²) in [6, 6.07) is 5.55. The van der Waals surface area contributed by atoms with Crippen LogP contribution in [0.15, 0.2) is 24.3 Å². The van der Waals surface area contributed by atoms with E-state index in [-0.39, 0.29) is 18.4 Å². The first-order valence-electron chi connectivity index (χ1n) is 5.96. The topological polar surface area (TPSA) is 64.3 Å². The Labute approximate surface area is 106 Å². The first-order valence-corrected chi connectivity index (χ1v) is 5.96. The summed E-state index contributed by atoms with van der Waals surface area (Å²) >= 11 is 0. The maximum Gasteiger partial charge on any atom is 0.324 e. The fraction of sp³-hybridized carbons (Fsp3) is 0.462. The van der Waals surface area contributed by atoms with E-state index in [0.29, 0.717) is 12.2 Å². The molecule has 4 nitrogen and oxygen atoms in total. The number of nitrogens with one attached hydrogen (secondary N) is 1. The highest BCUT2D eigenvalue weighted by molar-refractivity contribution is 5.75. The lowest BCUT2D eigenvalue weighted by Gasteiger charge is -2.17. The predicted molar refractivity (Wildman–Crippen MR) is 67.4 cm³/mol. The van der Waals surface area contributed by atoms with Crippen LogP contribution in [0.25, 0.3) is 0 Å². The average molecular weight is 254 g/mol. The summed E-state index contributed by atoms with van der Waals surface area (Å²) in [6.45, 7) is 4.08. The van der Waals surface area contributed by atoms with E-state index in [1.54, 1.807) is 25.1 Å². The summed E-state index contributed by atoms with van der Waals surface area (Å²) in [7, 11) is 0. The van der Waals surface area contributed by atoms with Crippen LogP contribution in [-0.2, 0) is 9.53 Å². The molecule has 18 heavy (non-hydrogen) atoms. The summed E-state index contributed by atoms with van der Waals surface area (Å²) in [5.74, 6) is -0.729. The van der Waals surface area contributed by atoms with Crippen molar-refractivity contribution in [3.63, 3.8) is 0 Å². The van der Waals surface area contributed by atoms with Crippen LogP contribution in [0.5, 0.6) is 0 Å². The van der Waals surface area contributed by atoms with Gasteiger partial charge < -0.3 is 15.8 Å². The van der Waals surface area contributed by atoms with Gasteiger partial charge in [-0.15, -0.1) is 0 Å². The number of hydrogen-bond donors (Lipinski definition) is 2. The summed E-state index contributed by atoms with van der Waals surface area (Å²) in [5.41, 5.74) is 6.19. The number of ether oxygens (including phenoxy) is 1. The Morgan fingerprint density at radius 1 is 1.50 bits per heavy atom. The maximum atomic E-state index is 13.5. The Balaban J connectivity index is 2.49. The third-order valence-corrected chi connectivity index (χ3v) is 2.61. The second kappa shape index (κ2) is 7.08. The molecule has 0 bridgehead atoms. The molecule has 2 unspecified atom stereocenters. The van der Waals surface area contributed by atoms with Gasteiger partial charge in [-0.25, -0.2) is 4.39 Å². The standard InChI is InChI=1S/C13H19FN2O2/c1-3-18-13(17)12(15)8-16-9(2)10-6-4-5-7-11(10)14/h4-7,9,12,16H,3,8,15H2,1-2H3. The smallest absolute Gasteiger partial charge is 0.324 e. The molecular weight excluding hydrogens is 235 g/mol. The van der Waals surface area contributed by atoms with Crippen LogP contribution in [0.4, 0.5) is 4.39 Å². The van der Waals surface area contributed by atoms with E-state index in [4.69, 9.17) is 10.5 Å². The summed E-state index contributed by atoms with van der Waals surface area (Å²) in [6.07, 6.45) is 0. The van der Waals surface area contributed by atoms with Gasteiger partial charge in [0, 0.05) is 18.2 Å². The van der Waals surface area contributed by atoms with Crippen LogP contribution in [0.1, 0.15) is 25.5 Å². The fourth-order valence-corrected chi connectivity index (χ4v) is 1.57. The van der Waals surface area contributed by atoms with E-state index in [2.05, 4.69) is 5.32 Å². The van der Waals surface area contributed by atoms with Crippen LogP contribution in [-0.4, -0.2) is 25.2 Å². The molecule has 0 saturated carbocycles. The third-order valence-electron chi connectivity index (χ3n) is 2.61. The van der Waals surface area contributed by atoms with E-state index < -0.39 is 12.0 Å². The average Bonchev–Trinajstić information content (AvgIpc) is 2.36. The van der Waals surface area contributed by atoms with Crippen LogP contribution in [0.2, 0.25) is 0 Å². The molecule has 1 aromatic rings. The molecule has 0 saturated heterocycles. The molecule has 0 aliphatic carbocycles. The molecule has 1 rings (SSSR count). The molecule has 0 amide bonds. The molecule has 0 radical (unpaired) electrons. The second-order valence-electron chi connectivity index (χ2n) is 4.01. The van der Waals surface area contributed by atoms with E-state index in [0.717, 1.165) is 0 Å². The second-order valence-corrected chi connectivity index (χ2v) is 4.01. The number of benzene rings is 1. The Morgan fingerprint density at radius 3 is 2.78 bits per heavy atom. The van der Waals surface area contributed by atoms with Crippen molar-refractivity contribution in [3.8, 4) is 0 Å². The number of carbonyl (C=O) groups excluding carboxylic acids is 1. The quantitative estimate of drug-likeness (QED) is 0.752. The third kappa shape index (κ3) is 4.09. The Hall–Kier alpha value is -1.46. The maximum absolute atomic E-state index is 13.5. The monoisotopic (exact) mass is 254 g/mol. The van der Waals surface area contributed by atoms with Crippen LogP contribution in [0, 0.1) is 5.82 Å². The van der Waals surface area contributed by atoms with Crippen molar-refractivity contribution in [2.45, 2.75) is 25.9 Å². The number of carbonyl (C=O) groups is 1. The van der Waals surface area contributed by atoms with Crippen molar-refractivity contribution >= 4 is 5.97 Å². The zero-order valence-electron chi connectivity index (χ0n) is 10.7. The number of nitrogens with two attached hydrogens (primary N) is 1. The fourth-order valence-electron chi connectivity index (χ4n) is 1.57. The highest BCUT2D eigenvalue weighted by atomic mass is 19.1. The molecule has 0 aliphatic rings. The molecule has 5 heteroatoms. The molecule has 0 aliphatic heterocycles. The zero-order valence-corrected chi connectivity index (χ0v) is 10.7. The highest BCUT2D eigenvalue weighted by Gasteiger charge is 2.16. The van der Waals surface area contributed by atoms with Crippen molar-refractivity contribution in [1.82, 2.24) is 5.32 Å². The van der Waals surface area contributed by atoms with Gasteiger partial charge in [-0.05, 0) is 19.9 Å². The lowest BCUT2D eigenvalue weighted by atomic mass is 10.1. The van der Waals surface area contributed by atoms with E-state index in [1.165, 1.54) is 6.07 Å². The minimum Gasteiger partial charge on any atom is -0.465 e. The molecule has 100 valence electrons. The zero-order chi connectivity index (χ0) is 13.5. The van der Waals surface area contributed by atoms with Gasteiger partial charge in [0.25, 0.3) is 0 Å². The van der Waals surface area contributed by atoms with Gasteiger partial charge in [0.05, 0.1) is 6.61 Å². The molecule has 2 atom stereocenters. The number of halogens is 1. The van der Waals surface area contributed by atoms with E-state index in [1.807, 2.05) is 6.92 Å². The minimum absolute atomic E-state index is 0.216. The lowest BCUT2D eigenvalue weighted by Crippen LogP contribution is -2.42. The first-order chi connectivity index (χ1) is 8.56. The van der Waals surface area contributed by atoms with Gasteiger partial charge in [-0.1, -0.05) is 18.2 Å². The van der Waals surface area contributed by atoms with Gasteiger partial charge >= 0.3 is 5.97 Å². The van der Waals surface area contributed by atoms with Gasteiger partial charge in [0.2, 0.25) is 0 Å². The number of rotatable bonds is 6. The molecule has 0 fully saturated rings. The predicted octanol–water partition coefficient (Wildman–Crippen LogP) is 1.37. The lowest BCUT2D eigenvalue weighted by molar-refractivity contribution is -0.144. The largest absolute Gasteiger partial charge is 0.465 e. The van der Waals surface area contributed by atoms with Gasteiger partial charge in [0.15, 0.2) is 0 Å². The van der Waals surface area contributed by atoms with Crippen molar-refractivity contribution < 1.29 is 13.9 Å². The molecule has 0 spiro atoms. The Bertz CT molecular complexity index is 398. The molecule has 3 N–H and O–H groups in total. The van der Waals surface area contributed by atoms with Gasteiger partial charge in [-0.2, -0.15) is 0 Å². The molecule has 1 aromatic carbocycles. The molecule has 0 aromatic heterocycles. The van der Waals surface area contributed by atoms with Gasteiger partial charge in [0.1, 0.15) is 11.9 Å².